The van der Waals surface area contributed by atoms with Gasteiger partial charge in [-0.25, -0.2) is 8.42 Å². The fourth-order valence-corrected chi connectivity index (χ4v) is 4.46. The van der Waals surface area contributed by atoms with Gasteiger partial charge in [0, 0.05) is 18.7 Å². The fourth-order valence-electron chi connectivity index (χ4n) is 2.41. The molecule has 1 fully saturated rings. The van der Waals surface area contributed by atoms with Gasteiger partial charge in [0.25, 0.3) is 0 Å². The minimum Gasteiger partial charge on any atom is -0.389 e. The van der Waals surface area contributed by atoms with Crippen molar-refractivity contribution in [2.45, 2.75) is 30.3 Å². The lowest BCUT2D eigenvalue weighted by atomic mass is 9.97. The number of β-amino-alcohol motifs (C(OH)–C–C–N with tert-alkyl or cyclic N) is 1. The summed E-state index contributed by atoms with van der Waals surface area (Å²) in [4.78, 5) is 0.151. The monoisotopic (exact) mass is 314 g/mol. The quantitative estimate of drug-likeness (QED) is 0.808. The van der Waals surface area contributed by atoms with E-state index in [4.69, 9.17) is 18.0 Å². The molecule has 5 nitrogen and oxygen atoms in total. The molecule has 1 atom stereocenters. The van der Waals surface area contributed by atoms with Crippen LogP contribution in [-0.2, 0) is 10.0 Å². The van der Waals surface area contributed by atoms with Crippen LogP contribution in [0.3, 0.4) is 0 Å². The molecule has 0 amide bonds. The van der Waals surface area contributed by atoms with Gasteiger partial charge in [-0.15, -0.1) is 0 Å². The Morgan fingerprint density at radius 2 is 2.10 bits per heavy atom. The molecule has 1 saturated heterocycles. The van der Waals surface area contributed by atoms with Crippen LogP contribution in [0.15, 0.2) is 29.2 Å². The second-order valence-corrected chi connectivity index (χ2v) is 7.65. The molecule has 1 aromatic rings. The maximum Gasteiger partial charge on any atom is 0.243 e. The van der Waals surface area contributed by atoms with Crippen molar-refractivity contribution in [2.75, 3.05) is 13.1 Å². The highest BCUT2D eigenvalue weighted by Crippen LogP contribution is 2.27. The van der Waals surface area contributed by atoms with E-state index in [1.807, 2.05) is 0 Å². The van der Waals surface area contributed by atoms with Crippen LogP contribution >= 0.6 is 12.2 Å². The van der Waals surface area contributed by atoms with E-state index in [0.29, 0.717) is 24.9 Å². The Hall–Kier alpha value is -1.02. The SMILES string of the molecule is CC1(O)CCCN(S(=O)(=O)c2ccccc2C(N)=S)C1. The van der Waals surface area contributed by atoms with Crippen LogP contribution in [-0.4, -0.2) is 41.5 Å². The second kappa shape index (κ2) is 5.40. The number of piperidine rings is 1. The molecule has 0 radical (unpaired) electrons. The lowest BCUT2D eigenvalue weighted by molar-refractivity contribution is 0.00940. The van der Waals surface area contributed by atoms with Crippen molar-refractivity contribution in [1.82, 2.24) is 4.31 Å². The first-order chi connectivity index (χ1) is 9.24. The third-order valence-corrected chi connectivity index (χ3v) is 5.53. The smallest absolute Gasteiger partial charge is 0.243 e. The number of hydrogen-bond donors (Lipinski definition) is 2. The Morgan fingerprint density at radius 3 is 2.70 bits per heavy atom. The van der Waals surface area contributed by atoms with Crippen molar-refractivity contribution in [3.05, 3.63) is 29.8 Å². The van der Waals surface area contributed by atoms with Gasteiger partial charge in [0.1, 0.15) is 4.99 Å². The Labute approximate surface area is 124 Å². The summed E-state index contributed by atoms with van der Waals surface area (Å²) in [6, 6.07) is 6.42. The fraction of sp³-hybridized carbons (Fsp3) is 0.462. The van der Waals surface area contributed by atoms with Gasteiger partial charge in [-0.2, -0.15) is 4.31 Å². The molecular formula is C13H18N2O3S2. The van der Waals surface area contributed by atoms with Crippen LogP contribution in [0.4, 0.5) is 0 Å². The van der Waals surface area contributed by atoms with E-state index < -0.39 is 15.6 Å². The van der Waals surface area contributed by atoms with Gasteiger partial charge in [0.15, 0.2) is 0 Å². The number of hydrogen-bond acceptors (Lipinski definition) is 4. The van der Waals surface area contributed by atoms with Gasteiger partial charge in [0.2, 0.25) is 10.0 Å². The van der Waals surface area contributed by atoms with Crippen molar-refractivity contribution in [3.63, 3.8) is 0 Å². The number of nitrogens with zero attached hydrogens (tertiary/aromatic N) is 1. The molecule has 0 spiro atoms. The van der Waals surface area contributed by atoms with Crippen LogP contribution < -0.4 is 5.73 Å². The van der Waals surface area contributed by atoms with E-state index >= 15 is 0 Å². The molecule has 7 heteroatoms. The molecular weight excluding hydrogens is 296 g/mol. The van der Waals surface area contributed by atoms with E-state index in [1.165, 1.54) is 10.4 Å². The molecule has 1 aromatic carbocycles. The Kier molecular flexibility index (Phi) is 4.15. The van der Waals surface area contributed by atoms with Crippen molar-refractivity contribution in [1.29, 1.82) is 0 Å². The molecule has 0 aromatic heterocycles. The van der Waals surface area contributed by atoms with Crippen molar-refractivity contribution in [3.8, 4) is 0 Å². The molecule has 20 heavy (non-hydrogen) atoms. The summed E-state index contributed by atoms with van der Waals surface area (Å²) in [5.74, 6) is 0. The molecule has 0 saturated carbocycles. The van der Waals surface area contributed by atoms with Gasteiger partial charge >= 0.3 is 0 Å². The Bertz CT molecular complexity index is 626. The molecule has 2 rings (SSSR count). The molecule has 1 unspecified atom stereocenters. The third-order valence-electron chi connectivity index (χ3n) is 3.41. The van der Waals surface area contributed by atoms with Crippen LogP contribution in [0.1, 0.15) is 25.3 Å². The van der Waals surface area contributed by atoms with Crippen molar-refractivity contribution >= 4 is 27.2 Å². The van der Waals surface area contributed by atoms with E-state index in [9.17, 15) is 13.5 Å². The number of aliphatic hydroxyl groups is 1. The summed E-state index contributed by atoms with van der Waals surface area (Å²) >= 11 is 4.91. The van der Waals surface area contributed by atoms with Gasteiger partial charge in [-0.05, 0) is 25.8 Å². The summed E-state index contributed by atoms with van der Waals surface area (Å²) in [6.07, 6.45) is 1.22. The van der Waals surface area contributed by atoms with Gasteiger partial charge in [-0.1, -0.05) is 30.4 Å². The summed E-state index contributed by atoms with van der Waals surface area (Å²) in [6.45, 7) is 2.12. The van der Waals surface area contributed by atoms with E-state index in [0.717, 1.165) is 0 Å². The average Bonchev–Trinajstić information content (AvgIpc) is 2.37. The molecule has 3 N–H and O–H groups in total. The summed E-state index contributed by atoms with van der Waals surface area (Å²) in [7, 11) is -3.70. The van der Waals surface area contributed by atoms with E-state index in [2.05, 4.69) is 0 Å². The molecule has 0 aliphatic carbocycles. The first kappa shape index (κ1) is 15.4. The highest BCUT2D eigenvalue weighted by atomic mass is 32.2. The molecule has 1 aliphatic heterocycles. The number of thiocarbonyl (C=S) groups is 1. The summed E-state index contributed by atoms with van der Waals surface area (Å²) < 4.78 is 26.7. The van der Waals surface area contributed by atoms with Gasteiger partial charge in [0.05, 0.1) is 10.5 Å². The first-order valence-electron chi connectivity index (χ1n) is 6.35. The number of sulfonamides is 1. The predicted octanol–water partition coefficient (Wildman–Crippen LogP) is 0.856. The highest BCUT2D eigenvalue weighted by Gasteiger charge is 2.36. The minimum absolute atomic E-state index is 0.0490. The second-order valence-electron chi connectivity index (χ2n) is 5.30. The Balaban J connectivity index is 2.43. The van der Waals surface area contributed by atoms with Crippen LogP contribution in [0.5, 0.6) is 0 Å². The lowest BCUT2D eigenvalue weighted by Gasteiger charge is -2.36. The first-order valence-corrected chi connectivity index (χ1v) is 8.20. The Morgan fingerprint density at radius 1 is 1.45 bits per heavy atom. The zero-order valence-electron chi connectivity index (χ0n) is 11.2. The zero-order valence-corrected chi connectivity index (χ0v) is 12.9. The normalized spacial score (nSPS) is 24.5. The summed E-state index contributed by atoms with van der Waals surface area (Å²) in [5, 5.41) is 10.1. The highest BCUT2D eigenvalue weighted by molar-refractivity contribution is 7.89. The van der Waals surface area contributed by atoms with Gasteiger partial charge < -0.3 is 10.8 Å². The van der Waals surface area contributed by atoms with E-state index in [1.54, 1.807) is 25.1 Å². The number of nitrogens with two attached hydrogens (primary N) is 1. The predicted molar refractivity (Wildman–Crippen MR) is 80.9 cm³/mol. The third kappa shape index (κ3) is 3.01. The zero-order chi connectivity index (χ0) is 15.0. The number of rotatable bonds is 3. The van der Waals surface area contributed by atoms with Crippen LogP contribution in [0.2, 0.25) is 0 Å². The topological polar surface area (TPSA) is 83.6 Å². The van der Waals surface area contributed by atoms with E-state index in [-0.39, 0.29) is 16.4 Å². The molecule has 0 bridgehead atoms. The lowest BCUT2D eigenvalue weighted by Crippen LogP contribution is -2.48. The van der Waals surface area contributed by atoms with Crippen LogP contribution in [0, 0.1) is 0 Å². The number of benzene rings is 1. The minimum atomic E-state index is -3.70. The largest absolute Gasteiger partial charge is 0.389 e. The molecule has 1 heterocycles. The maximum atomic E-state index is 12.7. The average molecular weight is 314 g/mol. The maximum absolute atomic E-state index is 12.7. The standard InChI is InChI=1S/C13H18N2O3S2/c1-13(16)7-4-8-15(9-13)20(17,18)11-6-3-2-5-10(11)12(14)19/h2-3,5-6,16H,4,7-9H2,1H3,(H2,14,19). The van der Waals surface area contributed by atoms with Crippen molar-refractivity contribution < 1.29 is 13.5 Å². The molecule has 1 aliphatic rings. The van der Waals surface area contributed by atoms with Crippen molar-refractivity contribution in [2.24, 2.45) is 5.73 Å². The van der Waals surface area contributed by atoms with Gasteiger partial charge in [-0.3, -0.25) is 0 Å². The molecule has 110 valence electrons. The van der Waals surface area contributed by atoms with Crippen LogP contribution in [0.25, 0.3) is 0 Å². The summed E-state index contributed by atoms with van der Waals surface area (Å²) in [5.41, 5.74) is 4.94.